The number of amides is 1. The van der Waals surface area contributed by atoms with E-state index in [0.717, 1.165) is 4.47 Å². The van der Waals surface area contributed by atoms with E-state index in [1.807, 2.05) is 6.92 Å². The molecule has 1 fully saturated rings. The molecule has 1 heterocycles. The average Bonchev–Trinajstić information content (AvgIpc) is 2.74. The summed E-state index contributed by atoms with van der Waals surface area (Å²) in [6.07, 6.45) is 0.508. The van der Waals surface area contributed by atoms with Gasteiger partial charge in [-0.1, -0.05) is 0 Å². The topological polar surface area (TPSA) is 80.5 Å². The molecule has 1 amide bonds. The number of anilines is 1. The number of hydrogen-bond acceptors (Lipinski definition) is 4. The molecule has 0 radical (unpaired) electrons. The second-order valence-electron chi connectivity index (χ2n) is 4.88. The van der Waals surface area contributed by atoms with Gasteiger partial charge in [-0.2, -0.15) is 0 Å². The number of hydrogen-bond donors (Lipinski definition) is 1. The molecule has 5 nitrogen and oxygen atoms in total. The van der Waals surface area contributed by atoms with Crippen molar-refractivity contribution in [2.45, 2.75) is 19.4 Å². The SMILES string of the molecule is CCN(C(=O)c1ccc(Br)c(N)c1)C1CCS(=O)(=O)C1. The predicted octanol–water partition coefficient (Wildman–Crippen LogP) is 1.68. The molecule has 110 valence electrons. The molecule has 0 aliphatic carbocycles. The van der Waals surface area contributed by atoms with E-state index in [-0.39, 0.29) is 23.5 Å². The van der Waals surface area contributed by atoms with Gasteiger partial charge in [0.1, 0.15) is 0 Å². The quantitative estimate of drug-likeness (QED) is 0.831. The lowest BCUT2D eigenvalue weighted by Crippen LogP contribution is -2.41. The Morgan fingerprint density at radius 1 is 1.50 bits per heavy atom. The van der Waals surface area contributed by atoms with Gasteiger partial charge < -0.3 is 10.6 Å². The number of nitrogens with two attached hydrogens (primary N) is 1. The van der Waals surface area contributed by atoms with Crippen LogP contribution in [0.15, 0.2) is 22.7 Å². The third kappa shape index (κ3) is 3.15. The van der Waals surface area contributed by atoms with Gasteiger partial charge in [0.05, 0.1) is 11.5 Å². The highest BCUT2D eigenvalue weighted by atomic mass is 79.9. The molecule has 1 saturated heterocycles. The number of benzene rings is 1. The third-order valence-corrected chi connectivity index (χ3v) is 5.97. The third-order valence-electron chi connectivity index (χ3n) is 3.49. The molecule has 1 aromatic carbocycles. The van der Waals surface area contributed by atoms with Gasteiger partial charge in [-0.15, -0.1) is 0 Å². The minimum atomic E-state index is -3.01. The Bertz CT molecular complexity index is 631. The summed E-state index contributed by atoms with van der Waals surface area (Å²) in [5, 5.41) is 0. The zero-order valence-electron chi connectivity index (χ0n) is 11.2. The van der Waals surface area contributed by atoms with Crippen molar-refractivity contribution in [2.75, 3.05) is 23.8 Å². The lowest BCUT2D eigenvalue weighted by molar-refractivity contribution is 0.0708. The van der Waals surface area contributed by atoms with Crippen LogP contribution >= 0.6 is 15.9 Å². The first-order chi connectivity index (χ1) is 9.34. The maximum absolute atomic E-state index is 12.5. The predicted molar refractivity (Wildman–Crippen MR) is 82.3 cm³/mol. The lowest BCUT2D eigenvalue weighted by atomic mass is 10.1. The van der Waals surface area contributed by atoms with Crippen LogP contribution in [0.1, 0.15) is 23.7 Å². The Labute approximate surface area is 127 Å². The fourth-order valence-electron chi connectivity index (χ4n) is 2.43. The molecule has 1 aliphatic heterocycles. The van der Waals surface area contributed by atoms with Crippen LogP contribution < -0.4 is 5.73 Å². The van der Waals surface area contributed by atoms with Crippen molar-refractivity contribution in [2.24, 2.45) is 0 Å². The first-order valence-electron chi connectivity index (χ1n) is 6.40. The fourth-order valence-corrected chi connectivity index (χ4v) is 4.41. The summed E-state index contributed by atoms with van der Waals surface area (Å²) >= 11 is 3.28. The Hall–Kier alpha value is -1.08. The van der Waals surface area contributed by atoms with E-state index in [4.69, 9.17) is 5.73 Å². The molecule has 1 aliphatic rings. The second-order valence-corrected chi connectivity index (χ2v) is 7.97. The molecule has 20 heavy (non-hydrogen) atoms. The minimum Gasteiger partial charge on any atom is -0.398 e. The summed E-state index contributed by atoms with van der Waals surface area (Å²) < 4.78 is 23.8. The zero-order chi connectivity index (χ0) is 14.9. The number of nitrogens with zero attached hydrogens (tertiary/aromatic N) is 1. The van der Waals surface area contributed by atoms with Crippen molar-refractivity contribution in [3.8, 4) is 0 Å². The van der Waals surface area contributed by atoms with Crippen LogP contribution in [0.25, 0.3) is 0 Å². The van der Waals surface area contributed by atoms with Crippen LogP contribution in [0.4, 0.5) is 5.69 Å². The van der Waals surface area contributed by atoms with Crippen molar-refractivity contribution >= 4 is 37.4 Å². The Morgan fingerprint density at radius 3 is 2.70 bits per heavy atom. The summed E-state index contributed by atoms with van der Waals surface area (Å²) in [4.78, 5) is 14.1. The van der Waals surface area contributed by atoms with Gasteiger partial charge in [-0.25, -0.2) is 8.42 Å². The maximum Gasteiger partial charge on any atom is 0.254 e. The van der Waals surface area contributed by atoms with Crippen molar-refractivity contribution in [3.63, 3.8) is 0 Å². The largest absolute Gasteiger partial charge is 0.398 e. The first-order valence-corrected chi connectivity index (χ1v) is 9.02. The van der Waals surface area contributed by atoms with E-state index in [1.165, 1.54) is 0 Å². The van der Waals surface area contributed by atoms with Crippen molar-refractivity contribution in [1.29, 1.82) is 0 Å². The minimum absolute atomic E-state index is 0.0542. The van der Waals surface area contributed by atoms with Crippen LogP contribution in [-0.4, -0.2) is 43.3 Å². The van der Waals surface area contributed by atoms with E-state index in [0.29, 0.717) is 24.2 Å². The molecule has 1 atom stereocenters. The average molecular weight is 361 g/mol. The molecule has 0 saturated carbocycles. The molecule has 1 aromatic rings. The van der Waals surface area contributed by atoms with Gasteiger partial charge in [0.15, 0.2) is 9.84 Å². The molecular weight excluding hydrogens is 344 g/mol. The Morgan fingerprint density at radius 2 is 2.20 bits per heavy atom. The fraction of sp³-hybridized carbons (Fsp3) is 0.462. The summed E-state index contributed by atoms with van der Waals surface area (Å²) in [5.41, 5.74) is 6.76. The summed E-state index contributed by atoms with van der Waals surface area (Å²) in [6, 6.07) is 4.79. The van der Waals surface area contributed by atoms with Gasteiger partial charge >= 0.3 is 0 Å². The number of carbonyl (C=O) groups is 1. The molecule has 0 spiro atoms. The number of carbonyl (C=O) groups excluding carboxylic acids is 1. The Balaban J connectivity index is 2.23. The number of halogens is 1. The molecule has 0 bridgehead atoms. The first kappa shape index (κ1) is 15.3. The summed E-state index contributed by atoms with van der Waals surface area (Å²) in [5.74, 6) is 0.0384. The highest BCUT2D eigenvalue weighted by Gasteiger charge is 2.34. The number of sulfone groups is 1. The molecule has 7 heteroatoms. The summed E-state index contributed by atoms with van der Waals surface area (Å²) in [6.45, 7) is 2.33. The Kier molecular flexibility index (Phi) is 4.39. The molecule has 2 N–H and O–H groups in total. The zero-order valence-corrected chi connectivity index (χ0v) is 13.6. The highest BCUT2D eigenvalue weighted by molar-refractivity contribution is 9.10. The van der Waals surface area contributed by atoms with Gasteiger partial charge in [0, 0.05) is 28.3 Å². The van der Waals surface area contributed by atoms with Gasteiger partial charge in [0.2, 0.25) is 0 Å². The maximum atomic E-state index is 12.5. The van der Waals surface area contributed by atoms with E-state index in [9.17, 15) is 13.2 Å². The van der Waals surface area contributed by atoms with E-state index in [1.54, 1.807) is 23.1 Å². The molecule has 0 aromatic heterocycles. The van der Waals surface area contributed by atoms with E-state index in [2.05, 4.69) is 15.9 Å². The summed E-state index contributed by atoms with van der Waals surface area (Å²) in [7, 11) is -3.01. The van der Waals surface area contributed by atoms with E-state index < -0.39 is 9.84 Å². The van der Waals surface area contributed by atoms with Crippen LogP contribution in [-0.2, 0) is 9.84 Å². The molecule has 1 unspecified atom stereocenters. The normalized spacial score (nSPS) is 20.8. The van der Waals surface area contributed by atoms with Crippen molar-refractivity contribution < 1.29 is 13.2 Å². The van der Waals surface area contributed by atoms with Crippen LogP contribution in [0.5, 0.6) is 0 Å². The van der Waals surface area contributed by atoms with E-state index >= 15 is 0 Å². The van der Waals surface area contributed by atoms with Crippen molar-refractivity contribution in [1.82, 2.24) is 4.90 Å². The van der Waals surface area contributed by atoms with Crippen LogP contribution in [0, 0.1) is 0 Å². The van der Waals surface area contributed by atoms with Gasteiger partial charge in [-0.3, -0.25) is 4.79 Å². The van der Waals surface area contributed by atoms with Crippen LogP contribution in [0.3, 0.4) is 0 Å². The van der Waals surface area contributed by atoms with Gasteiger partial charge in [0.25, 0.3) is 5.91 Å². The lowest BCUT2D eigenvalue weighted by Gasteiger charge is -2.27. The molecule has 2 rings (SSSR count). The smallest absolute Gasteiger partial charge is 0.254 e. The standard InChI is InChI=1S/C13H17BrN2O3S/c1-2-16(10-5-6-20(18,19)8-10)13(17)9-3-4-11(14)12(15)7-9/h3-4,7,10H,2,5-6,8,15H2,1H3. The highest BCUT2D eigenvalue weighted by Crippen LogP contribution is 2.23. The monoisotopic (exact) mass is 360 g/mol. The van der Waals surface area contributed by atoms with Gasteiger partial charge in [-0.05, 0) is 47.5 Å². The number of rotatable bonds is 3. The molecular formula is C13H17BrN2O3S. The van der Waals surface area contributed by atoms with Crippen LogP contribution in [0.2, 0.25) is 0 Å². The number of nitrogen functional groups attached to an aromatic ring is 1. The van der Waals surface area contributed by atoms with Crippen molar-refractivity contribution in [3.05, 3.63) is 28.2 Å². The second kappa shape index (κ2) is 5.73.